The second-order valence-corrected chi connectivity index (χ2v) is 4.08. The first kappa shape index (κ1) is 12.0. The molecule has 0 unspecified atom stereocenters. The molecule has 82 valence electrons. The lowest BCUT2D eigenvalue weighted by molar-refractivity contribution is 0.0923. The highest BCUT2D eigenvalue weighted by Gasteiger charge is 2.08. The van der Waals surface area contributed by atoms with E-state index in [9.17, 15) is 9.90 Å². The Morgan fingerprint density at radius 1 is 1.60 bits per heavy atom. The normalized spacial score (nSPS) is 12.2. The van der Waals surface area contributed by atoms with Crippen LogP contribution in [0.2, 0.25) is 0 Å². The summed E-state index contributed by atoms with van der Waals surface area (Å²) in [6.45, 7) is 1.77. The molecule has 0 aromatic heterocycles. The van der Waals surface area contributed by atoms with Gasteiger partial charge in [0.1, 0.15) is 5.75 Å². The smallest absolute Gasteiger partial charge is 0.251 e. The average Bonchev–Trinajstić information content (AvgIpc) is 2.18. The van der Waals surface area contributed by atoms with Crippen LogP contribution in [0.25, 0.3) is 0 Å². The second-order valence-electron chi connectivity index (χ2n) is 3.23. The van der Waals surface area contributed by atoms with Crippen LogP contribution in [-0.2, 0) is 0 Å². The number of phenolic OH excluding ortho intramolecular Hbond substituents is 1. The van der Waals surface area contributed by atoms with Crippen LogP contribution < -0.4 is 5.32 Å². The Labute approximate surface area is 96.1 Å². The summed E-state index contributed by atoms with van der Waals surface area (Å²) in [5.41, 5.74) is 0.358. The number of phenols is 1. The van der Waals surface area contributed by atoms with Crippen LogP contribution in [0.5, 0.6) is 5.75 Å². The molecule has 1 rings (SSSR count). The van der Waals surface area contributed by atoms with E-state index in [4.69, 9.17) is 5.11 Å². The van der Waals surface area contributed by atoms with E-state index in [2.05, 4.69) is 21.2 Å². The van der Waals surface area contributed by atoms with Gasteiger partial charge in [0.05, 0.1) is 10.6 Å². The minimum Gasteiger partial charge on any atom is -0.507 e. The second kappa shape index (κ2) is 5.14. The van der Waals surface area contributed by atoms with Gasteiger partial charge in [-0.05, 0) is 41.1 Å². The highest BCUT2D eigenvalue weighted by Crippen LogP contribution is 2.24. The van der Waals surface area contributed by atoms with E-state index in [1.165, 1.54) is 6.07 Å². The van der Waals surface area contributed by atoms with Gasteiger partial charge in [-0.3, -0.25) is 4.79 Å². The molecular weight excluding hydrogens is 262 g/mol. The number of rotatable bonds is 3. The van der Waals surface area contributed by atoms with E-state index in [0.29, 0.717) is 10.0 Å². The number of nitrogens with one attached hydrogen (secondary N) is 1. The van der Waals surface area contributed by atoms with E-state index in [-0.39, 0.29) is 18.2 Å². The van der Waals surface area contributed by atoms with Crippen molar-refractivity contribution in [3.63, 3.8) is 0 Å². The Balaban J connectivity index is 2.70. The van der Waals surface area contributed by atoms with Crippen molar-refractivity contribution < 1.29 is 15.0 Å². The van der Waals surface area contributed by atoms with Gasteiger partial charge in [-0.25, -0.2) is 0 Å². The van der Waals surface area contributed by atoms with Gasteiger partial charge in [-0.1, -0.05) is 0 Å². The van der Waals surface area contributed by atoms with Crippen LogP contribution in [0.15, 0.2) is 22.7 Å². The summed E-state index contributed by atoms with van der Waals surface area (Å²) in [4.78, 5) is 11.5. The van der Waals surface area contributed by atoms with Gasteiger partial charge in [-0.2, -0.15) is 0 Å². The molecule has 0 heterocycles. The molecule has 1 aromatic rings. The molecule has 1 atom stereocenters. The molecule has 1 aromatic carbocycles. The van der Waals surface area contributed by atoms with Gasteiger partial charge >= 0.3 is 0 Å². The van der Waals surface area contributed by atoms with Crippen molar-refractivity contribution in [2.24, 2.45) is 0 Å². The molecule has 0 aliphatic carbocycles. The minimum atomic E-state index is -0.585. The Kier molecular flexibility index (Phi) is 4.11. The highest BCUT2D eigenvalue weighted by molar-refractivity contribution is 9.10. The molecule has 0 fully saturated rings. The third-order valence-corrected chi connectivity index (χ3v) is 2.44. The number of carbonyl (C=O) groups excluding carboxylic acids is 1. The monoisotopic (exact) mass is 273 g/mol. The van der Waals surface area contributed by atoms with Crippen molar-refractivity contribution >= 4 is 21.8 Å². The van der Waals surface area contributed by atoms with Gasteiger partial charge in [0.2, 0.25) is 0 Å². The molecule has 15 heavy (non-hydrogen) atoms. The fraction of sp³-hybridized carbons (Fsp3) is 0.300. The molecule has 0 saturated heterocycles. The number of halogens is 1. The number of aromatic hydroxyl groups is 1. The van der Waals surface area contributed by atoms with E-state index >= 15 is 0 Å². The molecule has 3 N–H and O–H groups in total. The van der Waals surface area contributed by atoms with Gasteiger partial charge in [-0.15, -0.1) is 0 Å². The predicted octanol–water partition coefficient (Wildman–Crippen LogP) is 1.27. The SMILES string of the molecule is C[C@H](O)CNC(=O)c1ccc(Br)c(O)c1. The van der Waals surface area contributed by atoms with Crippen molar-refractivity contribution in [1.82, 2.24) is 5.32 Å². The molecule has 4 nitrogen and oxygen atoms in total. The van der Waals surface area contributed by atoms with E-state index in [1.54, 1.807) is 19.1 Å². The van der Waals surface area contributed by atoms with Gasteiger partial charge in [0.15, 0.2) is 0 Å². The van der Waals surface area contributed by atoms with Crippen LogP contribution >= 0.6 is 15.9 Å². The highest BCUT2D eigenvalue weighted by atomic mass is 79.9. The zero-order valence-electron chi connectivity index (χ0n) is 8.20. The number of carbonyl (C=O) groups is 1. The zero-order chi connectivity index (χ0) is 11.4. The third-order valence-electron chi connectivity index (χ3n) is 1.77. The first-order chi connectivity index (χ1) is 7.00. The van der Waals surface area contributed by atoms with Crippen LogP contribution in [0.1, 0.15) is 17.3 Å². The van der Waals surface area contributed by atoms with E-state index < -0.39 is 6.10 Å². The maximum atomic E-state index is 11.5. The summed E-state index contributed by atoms with van der Waals surface area (Å²) < 4.78 is 0.537. The molecule has 0 spiro atoms. The molecule has 0 saturated carbocycles. The maximum absolute atomic E-state index is 11.5. The predicted molar refractivity (Wildman–Crippen MR) is 59.8 cm³/mol. The molecule has 5 heteroatoms. The number of hydrogen-bond acceptors (Lipinski definition) is 3. The minimum absolute atomic E-state index is 0.0136. The van der Waals surface area contributed by atoms with Crippen LogP contribution in [0, 0.1) is 0 Å². The lowest BCUT2D eigenvalue weighted by Gasteiger charge is -2.07. The van der Waals surface area contributed by atoms with Gasteiger partial charge < -0.3 is 15.5 Å². The number of benzene rings is 1. The Morgan fingerprint density at radius 3 is 2.80 bits per heavy atom. The summed E-state index contributed by atoms with van der Waals surface area (Å²) in [6.07, 6.45) is -0.585. The largest absolute Gasteiger partial charge is 0.507 e. The topological polar surface area (TPSA) is 69.6 Å². The molecule has 0 aliphatic heterocycles. The first-order valence-electron chi connectivity index (χ1n) is 4.45. The van der Waals surface area contributed by atoms with Crippen molar-refractivity contribution in [2.75, 3.05) is 6.54 Å². The third kappa shape index (κ3) is 3.53. The standard InChI is InChI=1S/C10H12BrNO3/c1-6(13)5-12-10(15)7-2-3-8(11)9(14)4-7/h2-4,6,13-14H,5H2,1H3,(H,12,15)/t6-/m0/s1. The fourth-order valence-electron chi connectivity index (χ4n) is 0.996. The summed E-state index contributed by atoms with van der Waals surface area (Å²) in [6, 6.07) is 4.54. The Hall–Kier alpha value is -1.07. The molecule has 0 bridgehead atoms. The number of hydrogen-bond donors (Lipinski definition) is 3. The molecule has 1 amide bonds. The zero-order valence-corrected chi connectivity index (χ0v) is 9.78. The maximum Gasteiger partial charge on any atom is 0.251 e. The van der Waals surface area contributed by atoms with Gasteiger partial charge in [0.25, 0.3) is 5.91 Å². The number of aliphatic hydroxyl groups excluding tert-OH is 1. The Morgan fingerprint density at radius 2 is 2.27 bits per heavy atom. The van der Waals surface area contributed by atoms with E-state index in [0.717, 1.165) is 0 Å². The van der Waals surface area contributed by atoms with Crippen LogP contribution in [-0.4, -0.2) is 28.8 Å². The van der Waals surface area contributed by atoms with Crippen molar-refractivity contribution in [3.05, 3.63) is 28.2 Å². The van der Waals surface area contributed by atoms with Crippen molar-refractivity contribution in [2.45, 2.75) is 13.0 Å². The summed E-state index contributed by atoms with van der Waals surface area (Å²) in [5, 5.41) is 20.9. The Bertz CT molecular complexity index is 366. The molecular formula is C10H12BrNO3. The molecule has 0 aliphatic rings. The number of aliphatic hydroxyl groups is 1. The summed E-state index contributed by atoms with van der Waals surface area (Å²) in [5.74, 6) is -0.307. The fourth-order valence-corrected chi connectivity index (χ4v) is 1.24. The van der Waals surface area contributed by atoms with Gasteiger partial charge in [0, 0.05) is 12.1 Å². The summed E-state index contributed by atoms with van der Waals surface area (Å²) in [7, 11) is 0. The van der Waals surface area contributed by atoms with Crippen molar-refractivity contribution in [1.29, 1.82) is 0 Å². The van der Waals surface area contributed by atoms with Crippen LogP contribution in [0.4, 0.5) is 0 Å². The summed E-state index contributed by atoms with van der Waals surface area (Å²) >= 11 is 3.12. The first-order valence-corrected chi connectivity index (χ1v) is 5.25. The lowest BCUT2D eigenvalue weighted by atomic mass is 10.2. The van der Waals surface area contributed by atoms with Crippen LogP contribution in [0.3, 0.4) is 0 Å². The number of amides is 1. The lowest BCUT2D eigenvalue weighted by Crippen LogP contribution is -2.30. The van der Waals surface area contributed by atoms with E-state index in [1.807, 2.05) is 0 Å². The quantitative estimate of drug-likeness (QED) is 0.777. The van der Waals surface area contributed by atoms with Crippen molar-refractivity contribution in [3.8, 4) is 5.75 Å². The molecule has 0 radical (unpaired) electrons. The average molecular weight is 274 g/mol.